The molecule has 3 aromatic carbocycles. The zero-order valence-electron chi connectivity index (χ0n) is 16.3. The van der Waals surface area contributed by atoms with Gasteiger partial charge in [0.1, 0.15) is 6.61 Å². The van der Waals surface area contributed by atoms with Crippen LogP contribution in [-0.4, -0.2) is 24.4 Å². The molecule has 6 nitrogen and oxygen atoms in total. The number of methoxy groups -OCH3 is 1. The summed E-state index contributed by atoms with van der Waals surface area (Å²) in [4.78, 5) is 11.3. The van der Waals surface area contributed by atoms with E-state index >= 15 is 0 Å². The molecule has 0 aromatic heterocycles. The molecule has 0 aliphatic rings. The Kier molecular flexibility index (Phi) is 6.47. The van der Waals surface area contributed by atoms with Crippen LogP contribution in [0.25, 0.3) is 0 Å². The number of benzene rings is 3. The van der Waals surface area contributed by atoms with Crippen molar-refractivity contribution in [1.29, 1.82) is 0 Å². The van der Waals surface area contributed by atoms with Crippen molar-refractivity contribution in [2.24, 2.45) is 5.10 Å². The van der Waals surface area contributed by atoms with E-state index in [1.54, 1.807) is 31.5 Å². The average molecular weight is 390 g/mol. The number of ether oxygens (including phenoxy) is 2. The van der Waals surface area contributed by atoms with E-state index in [4.69, 9.17) is 9.47 Å². The van der Waals surface area contributed by atoms with Crippen LogP contribution >= 0.6 is 0 Å². The van der Waals surface area contributed by atoms with E-state index in [9.17, 15) is 9.90 Å². The molecule has 0 unspecified atom stereocenters. The standard InChI is InChI=1S/C23H22N2O4/c1-16-7-5-8-17(13-16)15-29-22-18(9-6-12-21(22)28-2)14-24-25-20-11-4-3-10-19(20)23(26)27/h3-14,25H,15H2,1-2H3,(H,26,27)/b24-14+. The first-order valence-corrected chi connectivity index (χ1v) is 9.05. The molecule has 3 rings (SSSR count). The molecule has 3 aromatic rings. The number of hydrogen-bond acceptors (Lipinski definition) is 5. The van der Waals surface area contributed by atoms with Crippen LogP contribution < -0.4 is 14.9 Å². The second-order valence-electron chi connectivity index (χ2n) is 6.38. The van der Waals surface area contributed by atoms with Crippen molar-refractivity contribution in [2.45, 2.75) is 13.5 Å². The maximum Gasteiger partial charge on any atom is 0.337 e. The van der Waals surface area contributed by atoms with Gasteiger partial charge < -0.3 is 14.6 Å². The van der Waals surface area contributed by atoms with Crippen molar-refractivity contribution >= 4 is 17.9 Å². The number of carbonyl (C=O) groups is 1. The summed E-state index contributed by atoms with van der Waals surface area (Å²) in [5.74, 6) is 0.132. The van der Waals surface area contributed by atoms with Gasteiger partial charge in [0.05, 0.1) is 24.6 Å². The molecule has 0 fully saturated rings. The van der Waals surface area contributed by atoms with Crippen LogP contribution in [0.5, 0.6) is 11.5 Å². The Hall–Kier alpha value is -3.80. The highest BCUT2D eigenvalue weighted by Crippen LogP contribution is 2.31. The SMILES string of the molecule is COc1cccc(/C=N/Nc2ccccc2C(=O)O)c1OCc1cccc(C)c1. The number of anilines is 1. The summed E-state index contributed by atoms with van der Waals surface area (Å²) in [5, 5.41) is 13.4. The fraction of sp³-hybridized carbons (Fsp3) is 0.130. The van der Waals surface area contributed by atoms with Crippen molar-refractivity contribution in [3.63, 3.8) is 0 Å². The fourth-order valence-electron chi connectivity index (χ4n) is 2.85. The molecule has 29 heavy (non-hydrogen) atoms. The molecule has 0 aliphatic carbocycles. The zero-order chi connectivity index (χ0) is 20.6. The number of hydrazone groups is 1. The Morgan fingerprint density at radius 3 is 2.66 bits per heavy atom. The van der Waals surface area contributed by atoms with Gasteiger partial charge in [-0.2, -0.15) is 5.10 Å². The van der Waals surface area contributed by atoms with Crippen LogP contribution in [0.15, 0.2) is 71.8 Å². The highest BCUT2D eigenvalue weighted by atomic mass is 16.5. The monoisotopic (exact) mass is 390 g/mol. The lowest BCUT2D eigenvalue weighted by atomic mass is 10.1. The molecule has 0 aliphatic heterocycles. The number of aryl methyl sites for hydroxylation is 1. The smallest absolute Gasteiger partial charge is 0.337 e. The third-order valence-corrected chi connectivity index (χ3v) is 4.24. The number of rotatable bonds is 8. The van der Waals surface area contributed by atoms with Crippen molar-refractivity contribution in [1.82, 2.24) is 0 Å². The normalized spacial score (nSPS) is 10.7. The number of nitrogens with zero attached hydrogens (tertiary/aromatic N) is 1. The second kappa shape index (κ2) is 9.41. The Labute approximate surface area is 169 Å². The van der Waals surface area contributed by atoms with E-state index in [2.05, 4.69) is 16.6 Å². The van der Waals surface area contributed by atoms with E-state index in [1.807, 2.05) is 43.3 Å². The molecule has 0 radical (unpaired) electrons. The molecule has 0 saturated heterocycles. The highest BCUT2D eigenvalue weighted by molar-refractivity contribution is 5.94. The summed E-state index contributed by atoms with van der Waals surface area (Å²) in [6.07, 6.45) is 1.58. The molecule has 0 spiro atoms. The van der Waals surface area contributed by atoms with Gasteiger partial charge in [-0.25, -0.2) is 4.79 Å². The predicted molar refractivity (Wildman–Crippen MR) is 113 cm³/mol. The van der Waals surface area contributed by atoms with E-state index in [0.29, 0.717) is 29.4 Å². The van der Waals surface area contributed by atoms with Crippen LogP contribution in [0.4, 0.5) is 5.69 Å². The summed E-state index contributed by atoms with van der Waals surface area (Å²) in [7, 11) is 1.58. The van der Waals surface area contributed by atoms with E-state index in [-0.39, 0.29) is 5.56 Å². The quantitative estimate of drug-likeness (QED) is 0.429. The number of aromatic carboxylic acids is 1. The topological polar surface area (TPSA) is 80.2 Å². The highest BCUT2D eigenvalue weighted by Gasteiger charge is 2.11. The fourth-order valence-corrected chi connectivity index (χ4v) is 2.85. The molecule has 148 valence electrons. The summed E-state index contributed by atoms with van der Waals surface area (Å²) in [5.41, 5.74) is 6.25. The van der Waals surface area contributed by atoms with Gasteiger partial charge in [-0.05, 0) is 36.8 Å². The minimum atomic E-state index is -1.02. The number of carboxylic acids is 1. The van der Waals surface area contributed by atoms with Gasteiger partial charge in [0.25, 0.3) is 0 Å². The van der Waals surface area contributed by atoms with E-state index < -0.39 is 5.97 Å². The van der Waals surface area contributed by atoms with Crippen molar-refractivity contribution in [2.75, 3.05) is 12.5 Å². The van der Waals surface area contributed by atoms with Gasteiger partial charge >= 0.3 is 5.97 Å². The zero-order valence-corrected chi connectivity index (χ0v) is 16.3. The van der Waals surface area contributed by atoms with Crippen LogP contribution in [0.1, 0.15) is 27.0 Å². The van der Waals surface area contributed by atoms with Gasteiger partial charge in [0.2, 0.25) is 0 Å². The van der Waals surface area contributed by atoms with Gasteiger partial charge in [-0.1, -0.05) is 48.0 Å². The van der Waals surface area contributed by atoms with Crippen molar-refractivity contribution in [3.8, 4) is 11.5 Å². The lowest BCUT2D eigenvalue weighted by Crippen LogP contribution is -2.03. The van der Waals surface area contributed by atoms with Crippen molar-refractivity contribution in [3.05, 3.63) is 89.0 Å². The Bertz CT molecular complexity index is 1030. The summed E-state index contributed by atoms with van der Waals surface area (Å²) in [6, 6.07) is 20.2. The molecular formula is C23H22N2O4. The molecular weight excluding hydrogens is 368 g/mol. The first-order valence-electron chi connectivity index (χ1n) is 9.05. The molecule has 0 atom stereocenters. The molecule has 0 heterocycles. The number of nitrogens with one attached hydrogen (secondary N) is 1. The number of para-hydroxylation sites is 2. The molecule has 0 bridgehead atoms. The van der Waals surface area contributed by atoms with E-state index in [1.165, 1.54) is 6.07 Å². The van der Waals surface area contributed by atoms with Crippen LogP contribution in [-0.2, 0) is 6.61 Å². The third kappa shape index (κ3) is 5.13. The molecule has 2 N–H and O–H groups in total. The lowest BCUT2D eigenvalue weighted by Gasteiger charge is -2.13. The Morgan fingerprint density at radius 2 is 1.90 bits per heavy atom. The Morgan fingerprint density at radius 1 is 1.10 bits per heavy atom. The number of carboxylic acid groups (broad SMARTS) is 1. The minimum absolute atomic E-state index is 0.145. The average Bonchev–Trinajstić information content (AvgIpc) is 2.73. The van der Waals surface area contributed by atoms with Crippen LogP contribution in [0.3, 0.4) is 0 Å². The van der Waals surface area contributed by atoms with Gasteiger partial charge in [0.15, 0.2) is 11.5 Å². The van der Waals surface area contributed by atoms with Gasteiger partial charge in [-0.3, -0.25) is 5.43 Å². The Balaban J connectivity index is 1.80. The van der Waals surface area contributed by atoms with E-state index in [0.717, 1.165) is 11.1 Å². The van der Waals surface area contributed by atoms with Crippen molar-refractivity contribution < 1.29 is 19.4 Å². The molecule has 0 saturated carbocycles. The van der Waals surface area contributed by atoms with Crippen LogP contribution in [0, 0.1) is 6.92 Å². The molecule has 6 heteroatoms. The predicted octanol–water partition coefficient (Wildman–Crippen LogP) is 4.73. The first kappa shape index (κ1) is 19.9. The third-order valence-electron chi connectivity index (χ3n) is 4.24. The maximum atomic E-state index is 11.3. The number of hydrogen-bond donors (Lipinski definition) is 2. The molecule has 0 amide bonds. The summed E-state index contributed by atoms with van der Waals surface area (Å²) < 4.78 is 11.5. The second-order valence-corrected chi connectivity index (χ2v) is 6.38. The first-order chi connectivity index (χ1) is 14.1. The summed E-state index contributed by atoms with van der Waals surface area (Å²) in [6.45, 7) is 2.42. The van der Waals surface area contributed by atoms with Gasteiger partial charge in [-0.15, -0.1) is 0 Å². The van der Waals surface area contributed by atoms with Crippen LogP contribution in [0.2, 0.25) is 0 Å². The largest absolute Gasteiger partial charge is 0.493 e. The summed E-state index contributed by atoms with van der Waals surface area (Å²) >= 11 is 0. The lowest BCUT2D eigenvalue weighted by molar-refractivity contribution is 0.0698. The minimum Gasteiger partial charge on any atom is -0.493 e. The van der Waals surface area contributed by atoms with Gasteiger partial charge in [0, 0.05) is 5.56 Å². The maximum absolute atomic E-state index is 11.3.